The lowest BCUT2D eigenvalue weighted by Crippen LogP contribution is -2.49. The monoisotopic (exact) mass is 465 g/mol. The summed E-state index contributed by atoms with van der Waals surface area (Å²) < 4.78 is 21.3. The fraction of sp³-hybridized carbons (Fsp3) is 0.545. The highest BCUT2D eigenvalue weighted by molar-refractivity contribution is 5.97. The second-order valence-corrected chi connectivity index (χ2v) is 8.20. The lowest BCUT2D eigenvalue weighted by atomic mass is 10.1. The van der Waals surface area contributed by atoms with Gasteiger partial charge in [0.15, 0.2) is 24.7 Å². The number of urea groups is 1. The molecular formula is C22H31N3O8. The highest BCUT2D eigenvalue weighted by Gasteiger charge is 2.20. The van der Waals surface area contributed by atoms with E-state index in [2.05, 4.69) is 10.6 Å². The van der Waals surface area contributed by atoms with Gasteiger partial charge in [0.05, 0.1) is 25.4 Å². The summed E-state index contributed by atoms with van der Waals surface area (Å²) in [5, 5.41) is 4.65. The van der Waals surface area contributed by atoms with Gasteiger partial charge in [-0.05, 0) is 45.9 Å². The fourth-order valence-electron chi connectivity index (χ4n) is 2.82. The second-order valence-electron chi connectivity index (χ2n) is 8.20. The normalized spacial score (nSPS) is 13.6. The van der Waals surface area contributed by atoms with E-state index in [4.69, 9.17) is 18.9 Å². The largest absolute Gasteiger partial charge is 0.490 e. The van der Waals surface area contributed by atoms with Crippen LogP contribution in [-0.2, 0) is 19.1 Å². The van der Waals surface area contributed by atoms with E-state index in [0.717, 1.165) is 0 Å². The molecule has 1 aromatic rings. The van der Waals surface area contributed by atoms with Crippen molar-refractivity contribution >= 4 is 23.8 Å². The zero-order valence-corrected chi connectivity index (χ0v) is 19.4. The summed E-state index contributed by atoms with van der Waals surface area (Å²) in [6, 6.07) is 3.65. The maximum atomic E-state index is 12.3. The molecule has 0 spiro atoms. The number of hydrogen-bond donors (Lipinski definition) is 2. The van der Waals surface area contributed by atoms with Crippen molar-refractivity contribution in [2.45, 2.75) is 33.2 Å². The minimum atomic E-state index is -0.779. The number of carbonyl (C=O) groups is 4. The van der Waals surface area contributed by atoms with Gasteiger partial charge in [-0.15, -0.1) is 0 Å². The van der Waals surface area contributed by atoms with Crippen LogP contribution in [0.4, 0.5) is 4.79 Å². The van der Waals surface area contributed by atoms with E-state index in [0.29, 0.717) is 38.7 Å². The number of nitrogens with zero attached hydrogens (tertiary/aromatic N) is 1. The predicted octanol–water partition coefficient (Wildman–Crippen LogP) is 1.10. The molecule has 1 heterocycles. The van der Waals surface area contributed by atoms with E-state index in [1.165, 1.54) is 18.2 Å². The van der Waals surface area contributed by atoms with Crippen molar-refractivity contribution in [2.75, 3.05) is 46.1 Å². The highest BCUT2D eigenvalue weighted by Crippen LogP contribution is 2.29. The Labute approximate surface area is 192 Å². The third kappa shape index (κ3) is 8.97. The summed E-state index contributed by atoms with van der Waals surface area (Å²) in [7, 11) is 0. The number of carbonyl (C=O) groups excluding carboxylic acids is 4. The summed E-state index contributed by atoms with van der Waals surface area (Å²) in [6.45, 7) is 8.55. The minimum absolute atomic E-state index is 0.122. The molecular weight excluding hydrogens is 434 g/mol. The first kappa shape index (κ1) is 25.9. The predicted molar refractivity (Wildman–Crippen MR) is 117 cm³/mol. The van der Waals surface area contributed by atoms with Crippen molar-refractivity contribution in [2.24, 2.45) is 0 Å². The van der Waals surface area contributed by atoms with Crippen LogP contribution in [0.2, 0.25) is 0 Å². The van der Waals surface area contributed by atoms with Gasteiger partial charge in [-0.1, -0.05) is 0 Å². The summed E-state index contributed by atoms with van der Waals surface area (Å²) in [5.74, 6) is -1.16. The molecule has 0 bridgehead atoms. The third-order valence-electron chi connectivity index (χ3n) is 4.27. The van der Waals surface area contributed by atoms with Crippen molar-refractivity contribution in [1.29, 1.82) is 0 Å². The maximum absolute atomic E-state index is 12.3. The molecule has 0 unspecified atom stereocenters. The van der Waals surface area contributed by atoms with E-state index in [9.17, 15) is 19.2 Å². The van der Waals surface area contributed by atoms with Crippen LogP contribution in [0.5, 0.6) is 11.5 Å². The van der Waals surface area contributed by atoms with E-state index < -0.39 is 30.1 Å². The van der Waals surface area contributed by atoms with Gasteiger partial charge in [-0.2, -0.15) is 0 Å². The zero-order chi connectivity index (χ0) is 24.4. The molecule has 2 N–H and O–H groups in total. The molecule has 1 aliphatic rings. The molecule has 33 heavy (non-hydrogen) atoms. The Kier molecular flexibility index (Phi) is 9.46. The van der Waals surface area contributed by atoms with Crippen molar-refractivity contribution < 1.29 is 38.1 Å². The molecule has 1 saturated heterocycles. The molecule has 0 atom stereocenters. The Bertz CT molecular complexity index is 860. The van der Waals surface area contributed by atoms with Crippen molar-refractivity contribution in [3.05, 3.63) is 23.8 Å². The van der Waals surface area contributed by atoms with Gasteiger partial charge >= 0.3 is 12.0 Å². The molecule has 0 aromatic heterocycles. The molecule has 2 rings (SSSR count). The van der Waals surface area contributed by atoms with Crippen molar-refractivity contribution in [3.8, 4) is 11.5 Å². The van der Waals surface area contributed by atoms with E-state index in [1.54, 1.807) is 32.6 Å². The number of morpholine rings is 1. The summed E-state index contributed by atoms with van der Waals surface area (Å²) in [5.41, 5.74) is -0.398. The lowest BCUT2D eigenvalue weighted by Gasteiger charge is -2.26. The van der Waals surface area contributed by atoms with Gasteiger partial charge in [-0.3, -0.25) is 14.9 Å². The Hall–Kier alpha value is -3.34. The van der Waals surface area contributed by atoms with Crippen LogP contribution in [0.1, 0.15) is 38.1 Å². The number of nitrogens with one attached hydrogen (secondary N) is 2. The van der Waals surface area contributed by atoms with Crippen molar-refractivity contribution in [1.82, 2.24) is 15.5 Å². The Balaban J connectivity index is 1.92. The maximum Gasteiger partial charge on any atom is 0.338 e. The van der Waals surface area contributed by atoms with E-state index in [1.807, 2.05) is 0 Å². The van der Waals surface area contributed by atoms with Gasteiger partial charge in [0, 0.05) is 18.6 Å². The summed E-state index contributed by atoms with van der Waals surface area (Å²) in [6.07, 6.45) is 0. The lowest BCUT2D eigenvalue weighted by molar-refractivity contribution is -0.137. The first-order valence-electron chi connectivity index (χ1n) is 10.6. The smallest absolute Gasteiger partial charge is 0.338 e. The number of ether oxygens (including phenoxy) is 4. The van der Waals surface area contributed by atoms with Crippen LogP contribution in [0.25, 0.3) is 0 Å². The molecule has 182 valence electrons. The molecule has 0 saturated carbocycles. The SMILES string of the molecule is CCOc1cc(C(=O)OCC(=O)NC(=O)NC(C)(C)C)ccc1OCC(=O)N1CCOCC1. The molecule has 11 nitrogen and oxygen atoms in total. The average molecular weight is 466 g/mol. The number of imide groups is 1. The van der Waals surface area contributed by atoms with Gasteiger partial charge in [0.2, 0.25) is 0 Å². The number of benzene rings is 1. The van der Waals surface area contributed by atoms with Gasteiger partial charge < -0.3 is 29.2 Å². The van der Waals surface area contributed by atoms with Gasteiger partial charge in [0.1, 0.15) is 0 Å². The molecule has 4 amide bonds. The van der Waals surface area contributed by atoms with Gasteiger partial charge in [-0.25, -0.2) is 9.59 Å². The molecule has 11 heteroatoms. The first-order valence-corrected chi connectivity index (χ1v) is 10.6. The Morgan fingerprint density at radius 1 is 1.03 bits per heavy atom. The second kappa shape index (κ2) is 12.0. The van der Waals surface area contributed by atoms with Crippen LogP contribution >= 0.6 is 0 Å². The minimum Gasteiger partial charge on any atom is -0.490 e. The highest BCUT2D eigenvalue weighted by atomic mass is 16.5. The third-order valence-corrected chi connectivity index (χ3v) is 4.27. The molecule has 0 radical (unpaired) electrons. The van der Waals surface area contributed by atoms with Crippen molar-refractivity contribution in [3.63, 3.8) is 0 Å². The molecule has 1 aliphatic heterocycles. The first-order chi connectivity index (χ1) is 15.6. The number of amides is 4. The standard InChI is InChI=1S/C22H31N3O8/c1-5-31-17-12-15(20(28)33-13-18(26)23-21(29)24-22(2,3)4)6-7-16(17)32-14-19(27)25-8-10-30-11-9-25/h6-7,12H,5,8-11,13-14H2,1-4H3,(H2,23,24,26,29). The van der Waals surface area contributed by atoms with E-state index in [-0.39, 0.29) is 23.8 Å². The zero-order valence-electron chi connectivity index (χ0n) is 19.4. The number of esters is 1. The quantitative estimate of drug-likeness (QED) is 0.546. The van der Waals surface area contributed by atoms with E-state index >= 15 is 0 Å². The summed E-state index contributed by atoms with van der Waals surface area (Å²) >= 11 is 0. The van der Waals surface area contributed by atoms with Crippen LogP contribution in [0.15, 0.2) is 18.2 Å². The molecule has 1 aromatic carbocycles. The van der Waals surface area contributed by atoms with Crippen LogP contribution in [-0.4, -0.2) is 80.4 Å². The van der Waals surface area contributed by atoms with Crippen LogP contribution < -0.4 is 20.1 Å². The summed E-state index contributed by atoms with van der Waals surface area (Å²) in [4.78, 5) is 49.8. The van der Waals surface area contributed by atoms with Gasteiger partial charge in [0.25, 0.3) is 11.8 Å². The fourth-order valence-corrected chi connectivity index (χ4v) is 2.82. The molecule has 1 fully saturated rings. The topological polar surface area (TPSA) is 132 Å². The number of hydrogen-bond acceptors (Lipinski definition) is 8. The van der Waals surface area contributed by atoms with Crippen LogP contribution in [0, 0.1) is 0 Å². The Morgan fingerprint density at radius 2 is 1.73 bits per heavy atom. The number of rotatable bonds is 8. The Morgan fingerprint density at radius 3 is 2.36 bits per heavy atom. The van der Waals surface area contributed by atoms with Crippen LogP contribution in [0.3, 0.4) is 0 Å². The molecule has 0 aliphatic carbocycles. The average Bonchev–Trinajstić information content (AvgIpc) is 2.75.